The van der Waals surface area contributed by atoms with Gasteiger partial charge in [-0.2, -0.15) is 0 Å². The Morgan fingerprint density at radius 3 is 2.43 bits per heavy atom. The normalized spacial score (nSPS) is 10.6. The highest BCUT2D eigenvalue weighted by Crippen LogP contribution is 2.34. The Hall–Kier alpha value is -2.46. The number of carboxylic acid groups (broad SMARTS) is 1. The molecule has 0 amide bonds. The quantitative estimate of drug-likeness (QED) is 0.839. The van der Waals surface area contributed by atoms with Crippen molar-refractivity contribution in [1.82, 2.24) is 0 Å². The molecule has 0 bridgehead atoms. The number of benzene rings is 2. The van der Waals surface area contributed by atoms with Crippen molar-refractivity contribution in [2.45, 2.75) is 0 Å². The lowest BCUT2D eigenvalue weighted by Crippen LogP contribution is -1.91. The van der Waals surface area contributed by atoms with Crippen LogP contribution in [0.25, 0.3) is 6.08 Å². The first-order valence-electron chi connectivity index (χ1n) is 6.11. The van der Waals surface area contributed by atoms with Crippen LogP contribution in [0.15, 0.2) is 48.5 Å². The number of carboxylic acids is 1. The van der Waals surface area contributed by atoms with E-state index in [1.165, 1.54) is 6.08 Å². The number of hydrogen-bond donors (Lipinski definition) is 1. The van der Waals surface area contributed by atoms with Gasteiger partial charge < -0.3 is 14.6 Å². The average Bonchev–Trinajstić information content (AvgIpc) is 2.48. The Kier molecular flexibility index (Phi) is 4.85. The number of para-hydroxylation sites is 1. The molecule has 0 saturated heterocycles. The van der Waals surface area contributed by atoms with E-state index in [2.05, 4.69) is 0 Å². The molecule has 0 aromatic heterocycles. The highest BCUT2D eigenvalue weighted by Gasteiger charge is 2.08. The summed E-state index contributed by atoms with van der Waals surface area (Å²) in [6.07, 6.45) is 2.47. The van der Waals surface area contributed by atoms with E-state index in [-0.39, 0.29) is 0 Å². The Morgan fingerprint density at radius 1 is 1.14 bits per heavy atom. The Balaban J connectivity index is 2.31. The van der Waals surface area contributed by atoms with Gasteiger partial charge in [-0.05, 0) is 36.4 Å². The lowest BCUT2D eigenvalue weighted by atomic mass is 10.2. The molecule has 21 heavy (non-hydrogen) atoms. The zero-order valence-electron chi connectivity index (χ0n) is 11.2. The molecule has 0 atom stereocenters. The number of carbonyl (C=O) groups is 1. The van der Waals surface area contributed by atoms with Gasteiger partial charge in [0.15, 0.2) is 5.75 Å². The average molecular weight is 305 g/mol. The molecule has 5 heteroatoms. The molecule has 4 nitrogen and oxygen atoms in total. The van der Waals surface area contributed by atoms with Crippen LogP contribution in [0.3, 0.4) is 0 Å². The van der Waals surface area contributed by atoms with E-state index in [1.54, 1.807) is 49.6 Å². The fraction of sp³-hybridized carbons (Fsp3) is 0.0625. The van der Waals surface area contributed by atoms with E-state index in [1.807, 2.05) is 0 Å². The second-order valence-electron chi connectivity index (χ2n) is 4.11. The summed E-state index contributed by atoms with van der Waals surface area (Å²) in [5.74, 6) is 0.661. The van der Waals surface area contributed by atoms with Gasteiger partial charge in [-0.25, -0.2) is 4.79 Å². The second kappa shape index (κ2) is 6.81. The van der Waals surface area contributed by atoms with Crippen molar-refractivity contribution in [3.05, 3.63) is 59.1 Å². The molecule has 108 valence electrons. The van der Waals surface area contributed by atoms with Crippen molar-refractivity contribution in [3.8, 4) is 17.2 Å². The van der Waals surface area contributed by atoms with Crippen LogP contribution in [0.5, 0.6) is 17.2 Å². The van der Waals surface area contributed by atoms with Crippen LogP contribution in [0.4, 0.5) is 0 Å². The Morgan fingerprint density at radius 2 is 1.81 bits per heavy atom. The van der Waals surface area contributed by atoms with Crippen molar-refractivity contribution in [2.75, 3.05) is 7.11 Å². The summed E-state index contributed by atoms with van der Waals surface area (Å²) in [5.41, 5.74) is 0.584. The molecule has 0 fully saturated rings. The van der Waals surface area contributed by atoms with E-state index in [4.69, 9.17) is 26.2 Å². The minimum atomic E-state index is -1.04. The molecule has 0 heterocycles. The van der Waals surface area contributed by atoms with Crippen LogP contribution in [-0.2, 0) is 4.79 Å². The molecule has 0 spiro atoms. The van der Waals surface area contributed by atoms with Gasteiger partial charge in [-0.15, -0.1) is 0 Å². The first-order valence-corrected chi connectivity index (χ1v) is 6.49. The van der Waals surface area contributed by atoms with Gasteiger partial charge in [-0.1, -0.05) is 23.7 Å². The van der Waals surface area contributed by atoms with Gasteiger partial charge in [0.2, 0.25) is 0 Å². The zero-order valence-corrected chi connectivity index (χ0v) is 12.0. The van der Waals surface area contributed by atoms with Crippen molar-refractivity contribution in [3.63, 3.8) is 0 Å². The number of hydrogen-bond acceptors (Lipinski definition) is 3. The van der Waals surface area contributed by atoms with Gasteiger partial charge in [0.05, 0.1) is 12.1 Å². The minimum Gasteiger partial charge on any atom is -0.497 e. The highest BCUT2D eigenvalue weighted by molar-refractivity contribution is 6.32. The van der Waals surface area contributed by atoms with Gasteiger partial charge >= 0.3 is 5.97 Å². The van der Waals surface area contributed by atoms with E-state index in [0.717, 1.165) is 6.08 Å². The molecule has 0 saturated carbocycles. The van der Waals surface area contributed by atoms with E-state index in [9.17, 15) is 4.79 Å². The van der Waals surface area contributed by atoms with Crippen LogP contribution in [-0.4, -0.2) is 18.2 Å². The number of halogens is 1. The first kappa shape index (κ1) is 14.9. The maximum Gasteiger partial charge on any atom is 0.328 e. The van der Waals surface area contributed by atoms with Gasteiger partial charge in [0, 0.05) is 11.6 Å². The van der Waals surface area contributed by atoms with E-state index in [0.29, 0.717) is 27.8 Å². The van der Waals surface area contributed by atoms with E-state index < -0.39 is 5.97 Å². The van der Waals surface area contributed by atoms with Crippen LogP contribution in [0.1, 0.15) is 5.56 Å². The topological polar surface area (TPSA) is 55.8 Å². The van der Waals surface area contributed by atoms with Gasteiger partial charge in [0.1, 0.15) is 11.5 Å². The van der Waals surface area contributed by atoms with Crippen molar-refractivity contribution in [2.24, 2.45) is 0 Å². The summed E-state index contributed by atoms with van der Waals surface area (Å²) >= 11 is 6.12. The monoisotopic (exact) mass is 304 g/mol. The molecule has 1 N–H and O–H groups in total. The third-order valence-electron chi connectivity index (χ3n) is 2.68. The molecule has 2 aromatic carbocycles. The molecular formula is C16H13ClO4. The van der Waals surface area contributed by atoms with Crippen molar-refractivity contribution < 1.29 is 19.4 Å². The second-order valence-corrected chi connectivity index (χ2v) is 4.51. The smallest absolute Gasteiger partial charge is 0.328 e. The number of ether oxygens (including phenoxy) is 2. The first-order chi connectivity index (χ1) is 10.1. The third kappa shape index (κ3) is 4.00. The lowest BCUT2D eigenvalue weighted by molar-refractivity contribution is -0.131. The number of aliphatic carboxylic acids is 1. The number of methoxy groups -OCH3 is 1. The fourth-order valence-corrected chi connectivity index (χ4v) is 1.91. The maximum atomic E-state index is 10.6. The Bertz CT molecular complexity index is 662. The third-order valence-corrected chi connectivity index (χ3v) is 2.98. The van der Waals surface area contributed by atoms with Gasteiger partial charge in [0.25, 0.3) is 0 Å². The molecule has 2 aromatic rings. The van der Waals surface area contributed by atoms with Gasteiger partial charge in [-0.3, -0.25) is 0 Å². The maximum absolute atomic E-state index is 10.6. The SMILES string of the molecule is COc1ccc(Oc2c(Cl)cccc2/C=C/C(=O)O)cc1. The Labute approximate surface area is 127 Å². The van der Waals surface area contributed by atoms with Crippen molar-refractivity contribution in [1.29, 1.82) is 0 Å². The zero-order chi connectivity index (χ0) is 15.2. The summed E-state index contributed by atoms with van der Waals surface area (Å²) in [7, 11) is 1.58. The van der Waals surface area contributed by atoms with Crippen LogP contribution >= 0.6 is 11.6 Å². The largest absolute Gasteiger partial charge is 0.497 e. The minimum absolute atomic E-state index is 0.401. The van der Waals surface area contributed by atoms with Crippen molar-refractivity contribution >= 4 is 23.6 Å². The fourth-order valence-electron chi connectivity index (χ4n) is 1.69. The summed E-state index contributed by atoms with van der Waals surface area (Å²) < 4.78 is 10.8. The molecule has 0 aliphatic rings. The molecule has 0 radical (unpaired) electrons. The highest BCUT2D eigenvalue weighted by atomic mass is 35.5. The summed E-state index contributed by atoms with van der Waals surface area (Å²) in [6, 6.07) is 12.1. The summed E-state index contributed by atoms with van der Waals surface area (Å²) in [6.45, 7) is 0. The number of rotatable bonds is 5. The summed E-state index contributed by atoms with van der Waals surface area (Å²) in [5, 5.41) is 9.11. The van der Waals surface area contributed by atoms with Crippen LogP contribution in [0, 0.1) is 0 Å². The standard InChI is InChI=1S/C16H13ClO4/c1-20-12-6-8-13(9-7-12)21-16-11(5-10-15(18)19)3-2-4-14(16)17/h2-10H,1H3,(H,18,19)/b10-5+. The predicted molar refractivity (Wildman–Crippen MR) is 81.2 cm³/mol. The molecule has 2 rings (SSSR count). The molecule has 0 unspecified atom stereocenters. The predicted octanol–water partition coefficient (Wildman–Crippen LogP) is 4.24. The van der Waals surface area contributed by atoms with E-state index >= 15 is 0 Å². The van der Waals surface area contributed by atoms with Crippen LogP contribution in [0.2, 0.25) is 5.02 Å². The molecular weight excluding hydrogens is 292 g/mol. The molecule has 0 aliphatic heterocycles. The lowest BCUT2D eigenvalue weighted by Gasteiger charge is -2.11. The van der Waals surface area contributed by atoms with Crippen LogP contribution < -0.4 is 9.47 Å². The molecule has 0 aliphatic carbocycles. The summed E-state index contributed by atoms with van der Waals surface area (Å²) in [4.78, 5) is 10.6.